The average molecular weight is 451 g/mol. The summed E-state index contributed by atoms with van der Waals surface area (Å²) in [6, 6.07) is 15.6. The van der Waals surface area contributed by atoms with Gasteiger partial charge in [0, 0.05) is 12.1 Å². The monoisotopic (exact) mass is 451 g/mol. The van der Waals surface area contributed by atoms with Crippen LogP contribution in [0.3, 0.4) is 0 Å². The molecule has 2 N–H and O–H groups in total. The molecule has 3 nitrogen and oxygen atoms in total. The molecule has 0 radical (unpaired) electrons. The number of carbonyl (C=O) groups is 1. The minimum atomic E-state index is -0.0687. The lowest BCUT2D eigenvalue weighted by Gasteiger charge is -2.06. The van der Waals surface area contributed by atoms with Gasteiger partial charge in [-0.2, -0.15) is 0 Å². The van der Waals surface area contributed by atoms with Gasteiger partial charge in [-0.15, -0.1) is 0 Å². The van der Waals surface area contributed by atoms with E-state index in [-0.39, 0.29) is 11.7 Å². The lowest BCUT2D eigenvalue weighted by atomic mass is 10.0. The topological polar surface area (TPSA) is 49.3 Å². The summed E-state index contributed by atoms with van der Waals surface area (Å²) in [6.45, 7) is 0.709. The Balaban J connectivity index is 1.49. The maximum atomic E-state index is 12.0. The number of nitrogens with one attached hydrogen (secondary N) is 1. The summed E-state index contributed by atoms with van der Waals surface area (Å²) in [4.78, 5) is 12.0. The van der Waals surface area contributed by atoms with Gasteiger partial charge < -0.3 is 10.4 Å². The normalized spacial score (nSPS) is 10.6. The largest absolute Gasteiger partial charge is 0.507 e. The van der Waals surface area contributed by atoms with Crippen LogP contribution in [-0.4, -0.2) is 17.6 Å². The molecule has 0 unspecified atom stereocenters. The quantitative estimate of drug-likeness (QED) is 0.380. The molecule has 0 aliphatic rings. The summed E-state index contributed by atoms with van der Waals surface area (Å²) in [7, 11) is 0. The Bertz CT molecular complexity index is 658. The zero-order chi connectivity index (χ0) is 17.9. The molecule has 2 aromatic carbocycles. The minimum absolute atomic E-state index is 0.0687. The van der Waals surface area contributed by atoms with Crippen molar-refractivity contribution in [1.82, 2.24) is 5.32 Å². The number of phenols is 1. The van der Waals surface area contributed by atoms with Crippen molar-refractivity contribution in [3.05, 3.63) is 63.2 Å². The fraction of sp³-hybridized carbons (Fsp3) is 0.381. The van der Waals surface area contributed by atoms with Gasteiger partial charge in [0.2, 0.25) is 0 Å². The number of phenolic OH excluding ortho intramolecular Hbond substituents is 1. The van der Waals surface area contributed by atoms with Gasteiger partial charge >= 0.3 is 0 Å². The SMILES string of the molecule is O=C(NCCCCCCCCc1ccccc1)c1ccc(O)c(I)c1. The molecule has 0 fully saturated rings. The summed E-state index contributed by atoms with van der Waals surface area (Å²) >= 11 is 2.02. The van der Waals surface area contributed by atoms with Crippen molar-refractivity contribution in [2.24, 2.45) is 0 Å². The molecule has 4 heteroatoms. The van der Waals surface area contributed by atoms with E-state index in [1.165, 1.54) is 37.7 Å². The lowest BCUT2D eigenvalue weighted by molar-refractivity contribution is 0.0953. The Morgan fingerprint density at radius 1 is 0.920 bits per heavy atom. The van der Waals surface area contributed by atoms with Gasteiger partial charge in [0.05, 0.1) is 3.57 Å². The lowest BCUT2D eigenvalue weighted by Crippen LogP contribution is -2.24. The molecule has 0 spiro atoms. The summed E-state index contributed by atoms with van der Waals surface area (Å²) in [5.41, 5.74) is 2.03. The highest BCUT2D eigenvalue weighted by molar-refractivity contribution is 14.1. The predicted molar refractivity (Wildman–Crippen MR) is 111 cm³/mol. The summed E-state index contributed by atoms with van der Waals surface area (Å²) in [5, 5.41) is 12.4. The van der Waals surface area contributed by atoms with Crippen molar-refractivity contribution in [1.29, 1.82) is 0 Å². The number of rotatable bonds is 10. The molecule has 0 atom stereocenters. The number of benzene rings is 2. The summed E-state index contributed by atoms with van der Waals surface area (Å²) < 4.78 is 0.695. The van der Waals surface area contributed by atoms with E-state index in [0.29, 0.717) is 15.7 Å². The van der Waals surface area contributed by atoms with Crippen LogP contribution >= 0.6 is 22.6 Å². The van der Waals surface area contributed by atoms with Crippen molar-refractivity contribution in [2.45, 2.75) is 44.9 Å². The Hall–Kier alpha value is -1.56. The third kappa shape index (κ3) is 7.46. The van der Waals surface area contributed by atoms with Crippen molar-refractivity contribution in [2.75, 3.05) is 6.54 Å². The number of halogens is 1. The van der Waals surface area contributed by atoms with Crippen LogP contribution in [0.5, 0.6) is 5.75 Å². The second-order valence-corrected chi connectivity index (χ2v) is 7.44. The first-order valence-corrected chi connectivity index (χ1v) is 10.1. The zero-order valence-electron chi connectivity index (χ0n) is 14.5. The van der Waals surface area contributed by atoms with Crippen LogP contribution in [0.2, 0.25) is 0 Å². The number of unbranched alkanes of at least 4 members (excludes halogenated alkanes) is 5. The molecular weight excluding hydrogens is 425 g/mol. The van der Waals surface area contributed by atoms with Crippen LogP contribution in [0.4, 0.5) is 0 Å². The first kappa shape index (κ1) is 19.8. The second kappa shape index (κ2) is 11.1. The molecule has 0 heterocycles. The number of hydrogen-bond donors (Lipinski definition) is 2. The summed E-state index contributed by atoms with van der Waals surface area (Å²) in [5.74, 6) is 0.144. The van der Waals surface area contributed by atoms with E-state index in [1.807, 2.05) is 22.6 Å². The third-order valence-electron chi connectivity index (χ3n) is 4.23. The molecule has 25 heavy (non-hydrogen) atoms. The molecule has 0 aliphatic carbocycles. The highest BCUT2D eigenvalue weighted by Crippen LogP contribution is 2.20. The van der Waals surface area contributed by atoms with E-state index in [2.05, 4.69) is 35.6 Å². The smallest absolute Gasteiger partial charge is 0.251 e. The van der Waals surface area contributed by atoms with Crippen LogP contribution < -0.4 is 5.32 Å². The van der Waals surface area contributed by atoms with E-state index >= 15 is 0 Å². The van der Waals surface area contributed by atoms with Crippen LogP contribution in [0, 0.1) is 3.57 Å². The number of aromatic hydroxyl groups is 1. The Kier molecular flexibility index (Phi) is 8.80. The molecule has 0 bridgehead atoms. The maximum absolute atomic E-state index is 12.0. The Morgan fingerprint density at radius 3 is 2.32 bits per heavy atom. The molecule has 0 aromatic heterocycles. The van der Waals surface area contributed by atoms with Crippen molar-refractivity contribution < 1.29 is 9.90 Å². The van der Waals surface area contributed by atoms with Crippen molar-refractivity contribution >= 4 is 28.5 Å². The minimum Gasteiger partial charge on any atom is -0.507 e. The number of carbonyl (C=O) groups excluding carboxylic acids is 1. The Labute approximate surface area is 164 Å². The van der Waals surface area contributed by atoms with E-state index in [4.69, 9.17) is 0 Å². The van der Waals surface area contributed by atoms with Crippen LogP contribution in [0.25, 0.3) is 0 Å². The number of amides is 1. The molecule has 134 valence electrons. The Morgan fingerprint density at radius 2 is 1.60 bits per heavy atom. The van der Waals surface area contributed by atoms with E-state index in [0.717, 1.165) is 12.8 Å². The molecular formula is C21H26INO2. The van der Waals surface area contributed by atoms with E-state index < -0.39 is 0 Å². The highest BCUT2D eigenvalue weighted by Gasteiger charge is 2.07. The molecule has 0 saturated carbocycles. The standard InChI is InChI=1S/C21H26INO2/c22-19-16-18(13-14-20(19)24)21(25)23-15-9-4-2-1-3-6-10-17-11-7-5-8-12-17/h5,7-8,11-14,16,24H,1-4,6,9-10,15H2,(H,23,25). The first-order chi connectivity index (χ1) is 12.2. The first-order valence-electron chi connectivity index (χ1n) is 8.97. The third-order valence-corrected chi connectivity index (χ3v) is 5.09. The van der Waals surface area contributed by atoms with Gasteiger partial charge in [0.25, 0.3) is 5.91 Å². The number of aryl methyl sites for hydroxylation is 1. The van der Waals surface area contributed by atoms with Gasteiger partial charge in [-0.3, -0.25) is 4.79 Å². The average Bonchev–Trinajstić information content (AvgIpc) is 2.63. The van der Waals surface area contributed by atoms with Gasteiger partial charge in [-0.1, -0.05) is 56.0 Å². The molecule has 0 saturated heterocycles. The van der Waals surface area contributed by atoms with E-state index in [1.54, 1.807) is 18.2 Å². The van der Waals surface area contributed by atoms with Gasteiger partial charge in [-0.05, 0) is 65.6 Å². The van der Waals surface area contributed by atoms with Crippen molar-refractivity contribution in [3.8, 4) is 5.75 Å². The molecule has 1 amide bonds. The molecule has 2 aromatic rings. The molecule has 2 rings (SSSR count). The van der Waals surface area contributed by atoms with Crippen molar-refractivity contribution in [3.63, 3.8) is 0 Å². The fourth-order valence-corrected chi connectivity index (χ4v) is 3.27. The summed E-state index contributed by atoms with van der Waals surface area (Å²) in [6.07, 6.45) is 8.34. The maximum Gasteiger partial charge on any atom is 0.251 e. The highest BCUT2D eigenvalue weighted by atomic mass is 127. The van der Waals surface area contributed by atoms with Gasteiger partial charge in [0.1, 0.15) is 5.75 Å². The zero-order valence-corrected chi connectivity index (χ0v) is 16.7. The van der Waals surface area contributed by atoms with Crippen LogP contribution in [0.15, 0.2) is 48.5 Å². The van der Waals surface area contributed by atoms with Gasteiger partial charge in [0.15, 0.2) is 0 Å². The van der Waals surface area contributed by atoms with E-state index in [9.17, 15) is 9.90 Å². The second-order valence-electron chi connectivity index (χ2n) is 6.28. The van der Waals surface area contributed by atoms with Crippen LogP contribution in [-0.2, 0) is 6.42 Å². The van der Waals surface area contributed by atoms with Crippen LogP contribution in [0.1, 0.15) is 54.4 Å². The van der Waals surface area contributed by atoms with Gasteiger partial charge in [-0.25, -0.2) is 0 Å². The fourth-order valence-electron chi connectivity index (χ4n) is 2.76. The predicted octanol–water partition coefficient (Wildman–Crippen LogP) is 5.31. The molecule has 0 aliphatic heterocycles. The number of hydrogen-bond acceptors (Lipinski definition) is 2.